The summed E-state index contributed by atoms with van der Waals surface area (Å²) < 4.78 is 5.90. The summed E-state index contributed by atoms with van der Waals surface area (Å²) in [6.45, 7) is 4.24. The number of rotatable bonds is 7. The van der Waals surface area contributed by atoms with Gasteiger partial charge in [-0.2, -0.15) is 0 Å². The molecule has 26 heavy (non-hydrogen) atoms. The first kappa shape index (κ1) is 18.4. The number of benzene rings is 2. The number of hydrogen-bond acceptors (Lipinski definition) is 4. The van der Waals surface area contributed by atoms with E-state index >= 15 is 0 Å². The lowest BCUT2D eigenvalue weighted by Gasteiger charge is -2.20. The predicted octanol–water partition coefficient (Wildman–Crippen LogP) is 4.21. The average molecular weight is 351 g/mol. The Morgan fingerprint density at radius 3 is 2.19 bits per heavy atom. The molecule has 3 N–H and O–H groups in total. The molecule has 0 saturated heterocycles. The molecule has 4 nitrogen and oxygen atoms in total. The number of hydrogen-bond donors (Lipinski definition) is 3. The zero-order valence-electron chi connectivity index (χ0n) is 15.1. The van der Waals surface area contributed by atoms with Crippen molar-refractivity contribution >= 4 is 0 Å². The van der Waals surface area contributed by atoms with Gasteiger partial charge in [-0.25, -0.2) is 0 Å². The van der Waals surface area contributed by atoms with Crippen molar-refractivity contribution in [2.45, 2.75) is 38.6 Å². The van der Waals surface area contributed by atoms with E-state index in [2.05, 4.69) is 5.32 Å². The van der Waals surface area contributed by atoms with Crippen LogP contribution in [0.4, 0.5) is 0 Å². The van der Waals surface area contributed by atoms with Gasteiger partial charge in [0.1, 0.15) is 11.5 Å². The molecule has 1 heterocycles. The van der Waals surface area contributed by atoms with E-state index in [4.69, 9.17) is 4.42 Å². The Morgan fingerprint density at radius 1 is 0.846 bits per heavy atom. The molecule has 0 aliphatic heterocycles. The number of aliphatic hydroxyl groups is 2. The standard InChI is InChI=1S/C22H25NO3/c1-15(22(25)19-6-4-3-5-7-19)23-14-20-12-13-21(26-20)18-10-8-17(9-11-18)16(2)24/h3-13,15-16,22-25H,14H2,1-2H3/t15-,16-,22+/m1/s1. The Balaban J connectivity index is 1.60. The maximum absolute atomic E-state index is 10.4. The number of nitrogens with one attached hydrogen (secondary N) is 1. The van der Waals surface area contributed by atoms with Gasteiger partial charge in [0.2, 0.25) is 0 Å². The van der Waals surface area contributed by atoms with E-state index < -0.39 is 12.2 Å². The molecule has 0 aliphatic rings. The molecular weight excluding hydrogens is 326 g/mol. The van der Waals surface area contributed by atoms with Gasteiger partial charge in [-0.15, -0.1) is 0 Å². The minimum atomic E-state index is -0.571. The van der Waals surface area contributed by atoms with Gasteiger partial charge in [0.25, 0.3) is 0 Å². The second-order valence-corrected chi connectivity index (χ2v) is 6.59. The van der Waals surface area contributed by atoms with Gasteiger partial charge in [0.15, 0.2) is 0 Å². The summed E-state index contributed by atoms with van der Waals surface area (Å²) >= 11 is 0. The van der Waals surface area contributed by atoms with Gasteiger partial charge in [0.05, 0.1) is 18.8 Å². The fourth-order valence-corrected chi connectivity index (χ4v) is 2.87. The van der Waals surface area contributed by atoms with Crippen LogP contribution in [0.25, 0.3) is 11.3 Å². The van der Waals surface area contributed by atoms with E-state index in [9.17, 15) is 10.2 Å². The molecule has 0 bridgehead atoms. The molecule has 3 rings (SSSR count). The van der Waals surface area contributed by atoms with Gasteiger partial charge in [0, 0.05) is 11.6 Å². The summed E-state index contributed by atoms with van der Waals surface area (Å²) in [5, 5.41) is 23.3. The highest BCUT2D eigenvalue weighted by molar-refractivity contribution is 5.58. The summed E-state index contributed by atoms with van der Waals surface area (Å²) in [5.74, 6) is 1.60. The van der Waals surface area contributed by atoms with Crippen LogP contribution in [-0.4, -0.2) is 16.3 Å². The largest absolute Gasteiger partial charge is 0.460 e. The molecule has 3 atom stereocenters. The Kier molecular flexibility index (Phi) is 5.89. The van der Waals surface area contributed by atoms with Gasteiger partial charge < -0.3 is 19.9 Å². The lowest BCUT2D eigenvalue weighted by atomic mass is 10.0. The molecular formula is C22H25NO3. The Labute approximate surface area is 154 Å². The van der Waals surface area contributed by atoms with Crippen molar-refractivity contribution < 1.29 is 14.6 Å². The van der Waals surface area contributed by atoms with Crippen molar-refractivity contribution in [3.05, 3.63) is 83.6 Å². The number of furan rings is 1. The highest BCUT2D eigenvalue weighted by Crippen LogP contribution is 2.24. The molecule has 0 unspecified atom stereocenters. The molecule has 0 fully saturated rings. The van der Waals surface area contributed by atoms with Crippen molar-refractivity contribution in [2.75, 3.05) is 0 Å². The van der Waals surface area contributed by atoms with Crippen LogP contribution in [-0.2, 0) is 6.54 Å². The third kappa shape index (κ3) is 4.41. The molecule has 4 heteroatoms. The van der Waals surface area contributed by atoms with E-state index in [1.807, 2.05) is 73.7 Å². The summed E-state index contributed by atoms with van der Waals surface area (Å²) in [6.07, 6.45) is -1.04. The van der Waals surface area contributed by atoms with Crippen LogP contribution >= 0.6 is 0 Å². The first-order valence-electron chi connectivity index (χ1n) is 8.88. The maximum atomic E-state index is 10.4. The minimum absolute atomic E-state index is 0.101. The topological polar surface area (TPSA) is 65.6 Å². The van der Waals surface area contributed by atoms with Crippen LogP contribution in [0.1, 0.15) is 42.9 Å². The molecule has 0 spiro atoms. The van der Waals surface area contributed by atoms with Gasteiger partial charge in [-0.05, 0) is 37.1 Å². The molecule has 0 amide bonds. The summed E-state index contributed by atoms with van der Waals surface area (Å²) in [5.41, 5.74) is 2.75. The molecule has 1 aromatic heterocycles. The molecule has 0 aliphatic carbocycles. The molecule has 0 saturated carbocycles. The lowest BCUT2D eigenvalue weighted by molar-refractivity contribution is 0.134. The molecule has 2 aromatic carbocycles. The Hall–Kier alpha value is -2.40. The molecule has 136 valence electrons. The summed E-state index contributed by atoms with van der Waals surface area (Å²) in [4.78, 5) is 0. The van der Waals surface area contributed by atoms with E-state index in [-0.39, 0.29) is 6.04 Å². The third-order valence-corrected chi connectivity index (χ3v) is 4.55. The van der Waals surface area contributed by atoms with Crippen molar-refractivity contribution in [1.82, 2.24) is 5.32 Å². The van der Waals surface area contributed by atoms with E-state index in [0.29, 0.717) is 6.54 Å². The highest BCUT2D eigenvalue weighted by atomic mass is 16.3. The van der Waals surface area contributed by atoms with Gasteiger partial charge >= 0.3 is 0 Å². The second-order valence-electron chi connectivity index (χ2n) is 6.59. The van der Waals surface area contributed by atoms with Crippen LogP contribution in [0.2, 0.25) is 0 Å². The lowest BCUT2D eigenvalue weighted by Crippen LogP contribution is -2.31. The summed E-state index contributed by atoms with van der Waals surface area (Å²) in [6, 6.07) is 21.1. The first-order valence-corrected chi connectivity index (χ1v) is 8.88. The Bertz CT molecular complexity index is 809. The first-order chi connectivity index (χ1) is 12.5. The second kappa shape index (κ2) is 8.32. The zero-order chi connectivity index (χ0) is 18.5. The average Bonchev–Trinajstić information content (AvgIpc) is 3.15. The number of aliphatic hydroxyl groups excluding tert-OH is 2. The van der Waals surface area contributed by atoms with Crippen LogP contribution < -0.4 is 5.32 Å². The van der Waals surface area contributed by atoms with Crippen LogP contribution in [0, 0.1) is 0 Å². The van der Waals surface area contributed by atoms with Crippen molar-refractivity contribution in [3.63, 3.8) is 0 Å². The summed E-state index contributed by atoms with van der Waals surface area (Å²) in [7, 11) is 0. The van der Waals surface area contributed by atoms with E-state index in [1.165, 1.54) is 0 Å². The van der Waals surface area contributed by atoms with Crippen molar-refractivity contribution in [2.24, 2.45) is 0 Å². The monoisotopic (exact) mass is 351 g/mol. The van der Waals surface area contributed by atoms with E-state index in [1.54, 1.807) is 6.92 Å². The Morgan fingerprint density at radius 2 is 1.54 bits per heavy atom. The quantitative estimate of drug-likeness (QED) is 0.596. The normalized spacial score (nSPS) is 14.8. The van der Waals surface area contributed by atoms with E-state index in [0.717, 1.165) is 28.2 Å². The molecule has 0 radical (unpaired) electrons. The van der Waals surface area contributed by atoms with Crippen LogP contribution in [0.15, 0.2) is 71.1 Å². The van der Waals surface area contributed by atoms with Gasteiger partial charge in [-0.1, -0.05) is 54.6 Å². The smallest absolute Gasteiger partial charge is 0.134 e. The highest BCUT2D eigenvalue weighted by Gasteiger charge is 2.16. The van der Waals surface area contributed by atoms with Crippen molar-refractivity contribution in [3.8, 4) is 11.3 Å². The SMILES string of the molecule is C[C@@H](O)c1ccc(-c2ccc(CN[C@H](C)[C@H](O)c3ccccc3)o2)cc1. The minimum Gasteiger partial charge on any atom is -0.460 e. The van der Waals surface area contributed by atoms with Crippen LogP contribution in [0.5, 0.6) is 0 Å². The molecule has 3 aromatic rings. The predicted molar refractivity (Wildman–Crippen MR) is 102 cm³/mol. The maximum Gasteiger partial charge on any atom is 0.134 e. The van der Waals surface area contributed by atoms with Crippen molar-refractivity contribution in [1.29, 1.82) is 0 Å². The fourth-order valence-electron chi connectivity index (χ4n) is 2.87. The fraction of sp³-hybridized carbons (Fsp3) is 0.273. The van der Waals surface area contributed by atoms with Gasteiger partial charge in [-0.3, -0.25) is 0 Å². The van der Waals surface area contributed by atoms with Crippen LogP contribution in [0.3, 0.4) is 0 Å². The zero-order valence-corrected chi connectivity index (χ0v) is 15.1. The third-order valence-electron chi connectivity index (χ3n) is 4.55.